The van der Waals surface area contributed by atoms with Gasteiger partial charge in [0, 0.05) is 5.56 Å². The Kier molecular flexibility index (Phi) is 3.36. The number of hydrogen-bond acceptors (Lipinski definition) is 4. The van der Waals surface area contributed by atoms with Gasteiger partial charge in [0.1, 0.15) is 0 Å². The summed E-state index contributed by atoms with van der Waals surface area (Å²) in [6, 6.07) is 6.02. The number of aryl methyl sites for hydroxylation is 3. The molecule has 0 spiro atoms. The zero-order valence-corrected chi connectivity index (χ0v) is 10.3. The molecule has 0 bridgehead atoms. The van der Waals surface area contributed by atoms with Crippen LogP contribution >= 0.6 is 0 Å². The van der Waals surface area contributed by atoms with Gasteiger partial charge >= 0.3 is 5.97 Å². The van der Waals surface area contributed by atoms with Crippen LogP contribution in [0.5, 0.6) is 0 Å². The molecule has 0 fully saturated rings. The van der Waals surface area contributed by atoms with Crippen molar-refractivity contribution in [3.63, 3.8) is 0 Å². The SMILES string of the molecule is Cc1ccc(C)c(-c2nnnn2CCC(=O)O)c1. The molecule has 2 aromatic rings. The Morgan fingerprint density at radius 3 is 2.89 bits per heavy atom. The van der Waals surface area contributed by atoms with Gasteiger partial charge in [-0.25, -0.2) is 4.68 Å². The fourth-order valence-electron chi connectivity index (χ4n) is 1.73. The number of benzene rings is 1. The molecule has 0 radical (unpaired) electrons. The number of carbonyl (C=O) groups is 1. The van der Waals surface area contributed by atoms with Crippen LogP contribution in [-0.2, 0) is 11.3 Å². The number of carboxylic acid groups (broad SMARTS) is 1. The Bertz CT molecular complexity index is 577. The van der Waals surface area contributed by atoms with Gasteiger partial charge in [0.2, 0.25) is 0 Å². The van der Waals surface area contributed by atoms with Crippen LogP contribution in [0.25, 0.3) is 11.4 Å². The quantitative estimate of drug-likeness (QED) is 0.882. The molecule has 0 aliphatic rings. The van der Waals surface area contributed by atoms with Gasteiger partial charge in [0.15, 0.2) is 5.82 Å². The second-order valence-corrected chi connectivity index (χ2v) is 4.19. The number of nitrogens with zero attached hydrogens (tertiary/aromatic N) is 4. The topological polar surface area (TPSA) is 80.9 Å². The third kappa shape index (κ3) is 2.53. The minimum atomic E-state index is -0.864. The molecular formula is C12H14N4O2. The number of carboxylic acids is 1. The van der Waals surface area contributed by atoms with Gasteiger partial charge in [-0.2, -0.15) is 0 Å². The molecule has 0 atom stereocenters. The van der Waals surface area contributed by atoms with E-state index < -0.39 is 5.97 Å². The standard InChI is InChI=1S/C12H14N4O2/c1-8-3-4-9(2)10(7-8)12-13-14-15-16(12)6-5-11(17)18/h3-4,7H,5-6H2,1-2H3,(H,17,18). The lowest BCUT2D eigenvalue weighted by atomic mass is 10.1. The molecule has 0 unspecified atom stereocenters. The highest BCUT2D eigenvalue weighted by atomic mass is 16.4. The summed E-state index contributed by atoms with van der Waals surface area (Å²) in [5.74, 6) is -0.255. The van der Waals surface area contributed by atoms with Crippen LogP contribution in [0.1, 0.15) is 17.5 Å². The fraction of sp³-hybridized carbons (Fsp3) is 0.333. The second kappa shape index (κ2) is 4.95. The Morgan fingerprint density at radius 1 is 1.39 bits per heavy atom. The number of hydrogen-bond donors (Lipinski definition) is 1. The van der Waals surface area contributed by atoms with Crippen molar-refractivity contribution in [3.05, 3.63) is 29.3 Å². The van der Waals surface area contributed by atoms with Crippen molar-refractivity contribution in [1.29, 1.82) is 0 Å². The number of rotatable bonds is 4. The van der Waals surface area contributed by atoms with Crippen LogP contribution in [0.4, 0.5) is 0 Å². The van der Waals surface area contributed by atoms with Crippen molar-refractivity contribution in [2.45, 2.75) is 26.8 Å². The van der Waals surface area contributed by atoms with E-state index >= 15 is 0 Å². The maximum atomic E-state index is 10.6. The van der Waals surface area contributed by atoms with Gasteiger partial charge in [-0.1, -0.05) is 17.7 Å². The van der Waals surface area contributed by atoms with Gasteiger partial charge in [0.05, 0.1) is 13.0 Å². The second-order valence-electron chi connectivity index (χ2n) is 4.19. The first-order valence-electron chi connectivity index (χ1n) is 5.63. The van der Waals surface area contributed by atoms with E-state index in [9.17, 15) is 4.79 Å². The molecular weight excluding hydrogens is 232 g/mol. The molecule has 94 valence electrons. The molecule has 1 aromatic carbocycles. The summed E-state index contributed by atoms with van der Waals surface area (Å²) in [6.07, 6.45) is 0.00288. The molecule has 18 heavy (non-hydrogen) atoms. The fourth-order valence-corrected chi connectivity index (χ4v) is 1.73. The molecule has 0 saturated heterocycles. The molecule has 0 saturated carbocycles. The van der Waals surface area contributed by atoms with Crippen LogP contribution in [-0.4, -0.2) is 31.3 Å². The maximum absolute atomic E-state index is 10.6. The number of aliphatic carboxylic acids is 1. The van der Waals surface area contributed by atoms with Crippen LogP contribution in [0, 0.1) is 13.8 Å². The first kappa shape index (κ1) is 12.2. The third-order valence-corrected chi connectivity index (χ3v) is 2.70. The monoisotopic (exact) mass is 246 g/mol. The molecule has 0 amide bonds. The van der Waals surface area contributed by atoms with Crippen molar-refractivity contribution in [2.24, 2.45) is 0 Å². The van der Waals surface area contributed by atoms with Gasteiger partial charge in [0.25, 0.3) is 0 Å². The van der Waals surface area contributed by atoms with E-state index in [1.54, 1.807) is 0 Å². The Morgan fingerprint density at radius 2 is 2.17 bits per heavy atom. The first-order valence-corrected chi connectivity index (χ1v) is 5.63. The van der Waals surface area contributed by atoms with Crippen LogP contribution in [0.3, 0.4) is 0 Å². The normalized spacial score (nSPS) is 10.6. The molecule has 0 aliphatic carbocycles. The highest BCUT2D eigenvalue weighted by Crippen LogP contribution is 2.21. The van der Waals surface area contributed by atoms with E-state index in [0.717, 1.165) is 16.7 Å². The van der Waals surface area contributed by atoms with Crippen molar-refractivity contribution in [3.8, 4) is 11.4 Å². The Balaban J connectivity index is 2.36. The number of aromatic nitrogens is 4. The highest BCUT2D eigenvalue weighted by molar-refractivity contribution is 5.67. The van der Waals surface area contributed by atoms with Crippen molar-refractivity contribution in [2.75, 3.05) is 0 Å². The van der Waals surface area contributed by atoms with Crippen molar-refractivity contribution >= 4 is 5.97 Å². The van der Waals surface area contributed by atoms with E-state index in [0.29, 0.717) is 5.82 Å². The summed E-state index contributed by atoms with van der Waals surface area (Å²) in [4.78, 5) is 10.6. The van der Waals surface area contributed by atoms with E-state index in [-0.39, 0.29) is 13.0 Å². The zero-order valence-electron chi connectivity index (χ0n) is 10.3. The smallest absolute Gasteiger partial charge is 0.305 e. The zero-order chi connectivity index (χ0) is 13.1. The Hall–Kier alpha value is -2.24. The predicted octanol–water partition coefficient (Wildman–Crippen LogP) is 1.43. The summed E-state index contributed by atoms with van der Waals surface area (Å²) in [5.41, 5.74) is 3.11. The molecule has 6 heteroatoms. The minimum Gasteiger partial charge on any atom is -0.481 e. The van der Waals surface area contributed by atoms with E-state index in [1.165, 1.54) is 4.68 Å². The average molecular weight is 246 g/mol. The lowest BCUT2D eigenvalue weighted by molar-refractivity contribution is -0.137. The minimum absolute atomic E-state index is 0.00288. The summed E-state index contributed by atoms with van der Waals surface area (Å²) in [5, 5.41) is 20.1. The predicted molar refractivity (Wildman–Crippen MR) is 65.0 cm³/mol. The Labute approximate surface area is 104 Å². The summed E-state index contributed by atoms with van der Waals surface area (Å²) < 4.78 is 1.52. The summed E-state index contributed by atoms with van der Waals surface area (Å²) >= 11 is 0. The van der Waals surface area contributed by atoms with E-state index in [2.05, 4.69) is 15.5 Å². The number of tetrazole rings is 1. The van der Waals surface area contributed by atoms with Gasteiger partial charge in [-0.05, 0) is 35.9 Å². The van der Waals surface area contributed by atoms with Gasteiger partial charge in [-0.3, -0.25) is 4.79 Å². The molecule has 6 nitrogen and oxygen atoms in total. The molecule has 1 aromatic heterocycles. The van der Waals surface area contributed by atoms with E-state index in [4.69, 9.17) is 5.11 Å². The van der Waals surface area contributed by atoms with Crippen molar-refractivity contribution < 1.29 is 9.90 Å². The van der Waals surface area contributed by atoms with Crippen molar-refractivity contribution in [1.82, 2.24) is 20.2 Å². The summed E-state index contributed by atoms with van der Waals surface area (Å²) in [7, 11) is 0. The third-order valence-electron chi connectivity index (χ3n) is 2.70. The average Bonchev–Trinajstić information content (AvgIpc) is 2.77. The van der Waals surface area contributed by atoms with Crippen LogP contribution in [0.15, 0.2) is 18.2 Å². The maximum Gasteiger partial charge on any atom is 0.305 e. The first-order chi connectivity index (χ1) is 8.58. The van der Waals surface area contributed by atoms with Gasteiger partial charge in [-0.15, -0.1) is 5.10 Å². The van der Waals surface area contributed by atoms with Crippen LogP contribution < -0.4 is 0 Å². The summed E-state index contributed by atoms with van der Waals surface area (Å²) in [6.45, 7) is 4.24. The molecule has 1 heterocycles. The lowest BCUT2D eigenvalue weighted by Crippen LogP contribution is -2.08. The molecule has 0 aliphatic heterocycles. The lowest BCUT2D eigenvalue weighted by Gasteiger charge is -2.07. The largest absolute Gasteiger partial charge is 0.481 e. The molecule has 2 rings (SSSR count). The highest BCUT2D eigenvalue weighted by Gasteiger charge is 2.12. The van der Waals surface area contributed by atoms with Crippen LogP contribution in [0.2, 0.25) is 0 Å². The van der Waals surface area contributed by atoms with Gasteiger partial charge < -0.3 is 5.11 Å². The van der Waals surface area contributed by atoms with E-state index in [1.807, 2.05) is 32.0 Å². The molecule has 1 N–H and O–H groups in total.